The summed E-state index contributed by atoms with van der Waals surface area (Å²) >= 11 is 0. The molecular weight excluding hydrogens is 168 g/mol. The summed E-state index contributed by atoms with van der Waals surface area (Å²) < 4.78 is 0. The molecule has 0 fully saturated rings. The standard InChI is InChI=1S/C14H12/c1-11-7-6-8-12(2)14(11)13-9-4-3-5-10-13/h3-4,6-8,10H,1-2H3. The lowest BCUT2D eigenvalue weighted by Gasteiger charge is -2.08. The Morgan fingerprint density at radius 2 is 1.71 bits per heavy atom. The van der Waals surface area contributed by atoms with Gasteiger partial charge in [-0.1, -0.05) is 30.3 Å². The van der Waals surface area contributed by atoms with Crippen LogP contribution in [0.2, 0.25) is 0 Å². The van der Waals surface area contributed by atoms with E-state index < -0.39 is 0 Å². The van der Waals surface area contributed by atoms with Crippen molar-refractivity contribution in [1.29, 1.82) is 0 Å². The van der Waals surface area contributed by atoms with Crippen molar-refractivity contribution in [2.75, 3.05) is 0 Å². The van der Waals surface area contributed by atoms with Gasteiger partial charge in [0, 0.05) is 0 Å². The highest BCUT2D eigenvalue weighted by atomic mass is 14.1. The van der Waals surface area contributed by atoms with Crippen LogP contribution in [-0.4, -0.2) is 0 Å². The maximum Gasteiger partial charge on any atom is -0.00937 e. The van der Waals surface area contributed by atoms with Crippen LogP contribution in [0.3, 0.4) is 0 Å². The Bertz CT molecular complexity index is 407. The second-order valence-electron chi connectivity index (χ2n) is 3.47. The quantitative estimate of drug-likeness (QED) is 0.629. The predicted molar refractivity (Wildman–Crippen MR) is 59.0 cm³/mol. The van der Waals surface area contributed by atoms with E-state index in [1.54, 1.807) is 0 Å². The van der Waals surface area contributed by atoms with Crippen molar-refractivity contribution in [3.05, 3.63) is 59.7 Å². The summed E-state index contributed by atoms with van der Waals surface area (Å²) in [5.74, 6) is 0. The monoisotopic (exact) mass is 180 g/mol. The lowest BCUT2D eigenvalue weighted by Crippen LogP contribution is -1.87. The fraction of sp³-hybridized carbons (Fsp3) is 0.143. The maximum absolute atomic E-state index is 3.24. The third-order valence-corrected chi connectivity index (χ3v) is 2.40. The van der Waals surface area contributed by atoms with Gasteiger partial charge in [-0.25, -0.2) is 0 Å². The van der Waals surface area contributed by atoms with E-state index in [-0.39, 0.29) is 0 Å². The molecule has 0 aliphatic rings. The number of benzene rings is 2. The zero-order chi connectivity index (χ0) is 9.97. The third kappa shape index (κ3) is 1.56. The van der Waals surface area contributed by atoms with Crippen LogP contribution in [0.1, 0.15) is 11.1 Å². The average molecular weight is 180 g/mol. The van der Waals surface area contributed by atoms with Crippen LogP contribution >= 0.6 is 0 Å². The Morgan fingerprint density at radius 1 is 1.00 bits per heavy atom. The fourth-order valence-electron chi connectivity index (χ4n) is 1.74. The summed E-state index contributed by atoms with van der Waals surface area (Å²) in [5.41, 5.74) is 4.99. The molecule has 0 spiro atoms. The molecule has 0 saturated carbocycles. The Hall–Kier alpha value is -1.56. The topological polar surface area (TPSA) is 0 Å². The molecule has 2 radical (unpaired) electrons. The summed E-state index contributed by atoms with van der Waals surface area (Å²) in [5, 5.41) is 0. The molecule has 0 saturated heterocycles. The number of hydrogen-bond acceptors (Lipinski definition) is 0. The summed E-state index contributed by atoms with van der Waals surface area (Å²) in [7, 11) is 0. The molecule has 0 unspecified atom stereocenters. The van der Waals surface area contributed by atoms with Gasteiger partial charge in [0.1, 0.15) is 0 Å². The molecule has 0 aliphatic heterocycles. The molecule has 0 aromatic heterocycles. The van der Waals surface area contributed by atoms with Crippen molar-refractivity contribution in [2.45, 2.75) is 13.8 Å². The van der Waals surface area contributed by atoms with Gasteiger partial charge in [0.15, 0.2) is 0 Å². The maximum atomic E-state index is 3.24. The van der Waals surface area contributed by atoms with Crippen molar-refractivity contribution < 1.29 is 0 Å². The smallest absolute Gasteiger partial charge is 0.00937 e. The minimum atomic E-state index is 1.13. The average Bonchev–Trinajstić information content (AvgIpc) is 2.19. The summed E-state index contributed by atoms with van der Waals surface area (Å²) in [6.45, 7) is 4.26. The van der Waals surface area contributed by atoms with E-state index in [4.69, 9.17) is 0 Å². The van der Waals surface area contributed by atoms with Gasteiger partial charge in [0.25, 0.3) is 0 Å². The molecular formula is C14H12. The van der Waals surface area contributed by atoms with Crippen molar-refractivity contribution in [2.24, 2.45) is 0 Å². The van der Waals surface area contributed by atoms with Gasteiger partial charge >= 0.3 is 0 Å². The van der Waals surface area contributed by atoms with Crippen molar-refractivity contribution >= 4 is 0 Å². The van der Waals surface area contributed by atoms with E-state index in [0.29, 0.717) is 0 Å². The zero-order valence-corrected chi connectivity index (χ0v) is 8.46. The van der Waals surface area contributed by atoms with E-state index in [2.05, 4.69) is 44.2 Å². The molecule has 0 heteroatoms. The van der Waals surface area contributed by atoms with Gasteiger partial charge in [0.2, 0.25) is 0 Å². The first-order valence-electron chi connectivity index (χ1n) is 4.73. The van der Waals surface area contributed by atoms with Crippen LogP contribution in [0.15, 0.2) is 36.4 Å². The Labute approximate surface area is 85.2 Å². The molecule has 2 aromatic carbocycles. The number of aryl methyl sites for hydroxylation is 2. The van der Waals surface area contributed by atoms with Gasteiger partial charge < -0.3 is 0 Å². The molecule has 0 amide bonds. The molecule has 0 aliphatic carbocycles. The van der Waals surface area contributed by atoms with Crippen LogP contribution in [0.5, 0.6) is 0 Å². The molecule has 2 rings (SSSR count). The molecule has 0 bridgehead atoms. The first-order valence-corrected chi connectivity index (χ1v) is 4.73. The molecule has 14 heavy (non-hydrogen) atoms. The Morgan fingerprint density at radius 3 is 2.29 bits per heavy atom. The second-order valence-corrected chi connectivity index (χ2v) is 3.47. The molecule has 0 N–H and O–H groups in total. The van der Waals surface area contributed by atoms with E-state index >= 15 is 0 Å². The highest BCUT2D eigenvalue weighted by molar-refractivity contribution is 5.69. The fourth-order valence-corrected chi connectivity index (χ4v) is 1.74. The number of hydrogen-bond donors (Lipinski definition) is 0. The van der Waals surface area contributed by atoms with Gasteiger partial charge in [-0.2, -0.15) is 0 Å². The van der Waals surface area contributed by atoms with E-state index in [1.807, 2.05) is 18.2 Å². The lowest BCUT2D eigenvalue weighted by molar-refractivity contribution is 1.38. The zero-order valence-electron chi connectivity index (χ0n) is 8.46. The Balaban J connectivity index is 2.63. The van der Waals surface area contributed by atoms with E-state index in [1.165, 1.54) is 16.7 Å². The molecule has 2 aromatic rings. The van der Waals surface area contributed by atoms with E-state index in [9.17, 15) is 0 Å². The van der Waals surface area contributed by atoms with Crippen LogP contribution in [0, 0.1) is 26.0 Å². The van der Waals surface area contributed by atoms with Crippen molar-refractivity contribution in [1.82, 2.24) is 0 Å². The minimum absolute atomic E-state index is 1.13. The minimum Gasteiger partial charge on any atom is -0.0617 e. The highest BCUT2D eigenvalue weighted by Crippen LogP contribution is 2.25. The predicted octanol–water partition coefficient (Wildman–Crippen LogP) is 3.57. The lowest BCUT2D eigenvalue weighted by atomic mass is 9.96. The first kappa shape index (κ1) is 9.01. The highest BCUT2D eigenvalue weighted by Gasteiger charge is 2.03. The second kappa shape index (κ2) is 3.67. The largest absolute Gasteiger partial charge is 0.0617 e. The van der Waals surface area contributed by atoms with Crippen molar-refractivity contribution in [3.8, 4) is 11.1 Å². The first-order chi connectivity index (χ1) is 6.79. The Kier molecular flexibility index (Phi) is 2.36. The molecule has 0 heterocycles. The summed E-state index contributed by atoms with van der Waals surface area (Å²) in [6, 6.07) is 18.4. The summed E-state index contributed by atoms with van der Waals surface area (Å²) in [4.78, 5) is 0. The third-order valence-electron chi connectivity index (χ3n) is 2.40. The van der Waals surface area contributed by atoms with Crippen LogP contribution in [0.4, 0.5) is 0 Å². The van der Waals surface area contributed by atoms with Crippen LogP contribution in [-0.2, 0) is 0 Å². The van der Waals surface area contributed by atoms with Gasteiger partial charge in [0.05, 0.1) is 0 Å². The SMILES string of the molecule is Cc1cccc(C)c1-c1[c]cc[c]c1. The van der Waals surface area contributed by atoms with Crippen LogP contribution in [0.25, 0.3) is 11.1 Å². The molecule has 68 valence electrons. The summed E-state index contributed by atoms with van der Waals surface area (Å²) in [6.07, 6.45) is 0. The van der Waals surface area contributed by atoms with E-state index in [0.717, 1.165) is 5.56 Å². The van der Waals surface area contributed by atoms with Crippen LogP contribution < -0.4 is 0 Å². The molecule has 0 atom stereocenters. The van der Waals surface area contributed by atoms with Gasteiger partial charge in [-0.15, -0.1) is 0 Å². The van der Waals surface area contributed by atoms with Crippen molar-refractivity contribution in [3.63, 3.8) is 0 Å². The number of rotatable bonds is 1. The van der Waals surface area contributed by atoms with Gasteiger partial charge in [-0.3, -0.25) is 0 Å². The normalized spacial score (nSPS) is 10.1. The van der Waals surface area contributed by atoms with Gasteiger partial charge in [-0.05, 0) is 54.3 Å². The molecule has 0 nitrogen and oxygen atoms in total.